The van der Waals surface area contributed by atoms with E-state index in [9.17, 15) is 8.42 Å². The highest BCUT2D eigenvalue weighted by Crippen LogP contribution is 2.19. The molecule has 0 saturated carbocycles. The van der Waals surface area contributed by atoms with Crippen molar-refractivity contribution >= 4 is 10.4 Å². The van der Waals surface area contributed by atoms with Gasteiger partial charge in [0.25, 0.3) is 0 Å². The molecule has 0 spiro atoms. The maximum atomic E-state index is 11.9. The van der Waals surface area contributed by atoms with Crippen molar-refractivity contribution in [2.24, 2.45) is 0 Å². The average Bonchev–Trinajstić information content (AvgIpc) is 2.51. The zero-order valence-electron chi connectivity index (χ0n) is 12.6. The van der Waals surface area contributed by atoms with Crippen LogP contribution in [0.4, 0.5) is 0 Å². The van der Waals surface area contributed by atoms with Crippen molar-refractivity contribution in [3.63, 3.8) is 0 Å². The minimum absolute atomic E-state index is 0.195. The summed E-state index contributed by atoms with van der Waals surface area (Å²) >= 11 is 0. The van der Waals surface area contributed by atoms with Gasteiger partial charge in [-0.15, -0.1) is 21.6 Å². The van der Waals surface area contributed by atoms with Gasteiger partial charge in [-0.3, -0.25) is 0 Å². The van der Waals surface area contributed by atoms with Crippen LogP contribution in [0.2, 0.25) is 0 Å². The molecule has 0 unspecified atom stereocenters. The molecule has 0 aromatic heterocycles. The standard InChI is InChI=1S/C18H18O4S/c1-3-5-15-7-11-17(12-8-15)21-23(19,20)22-18-13-9-16(6-4-2)10-14-18/h3-4,7-14H,1-2,5-6H2. The molecule has 2 aromatic carbocycles. The van der Waals surface area contributed by atoms with Crippen LogP contribution in [0.5, 0.6) is 11.5 Å². The van der Waals surface area contributed by atoms with E-state index in [0.717, 1.165) is 11.1 Å². The molecule has 0 N–H and O–H groups in total. The van der Waals surface area contributed by atoms with Gasteiger partial charge >= 0.3 is 10.4 Å². The van der Waals surface area contributed by atoms with Crippen LogP contribution in [0.25, 0.3) is 0 Å². The predicted molar refractivity (Wildman–Crippen MR) is 90.9 cm³/mol. The highest BCUT2D eigenvalue weighted by Gasteiger charge is 2.15. The minimum Gasteiger partial charge on any atom is -0.353 e. The van der Waals surface area contributed by atoms with Crippen LogP contribution in [0.15, 0.2) is 73.8 Å². The summed E-state index contributed by atoms with van der Waals surface area (Å²) in [4.78, 5) is 0. The molecule has 2 rings (SSSR count). The molecule has 0 amide bonds. The van der Waals surface area contributed by atoms with Crippen molar-refractivity contribution in [1.82, 2.24) is 0 Å². The first-order chi connectivity index (χ1) is 11.0. The van der Waals surface area contributed by atoms with Gasteiger partial charge in [0.2, 0.25) is 0 Å². The molecule has 0 aliphatic carbocycles. The summed E-state index contributed by atoms with van der Waals surface area (Å²) in [5.41, 5.74) is 2.03. The largest absolute Gasteiger partial charge is 0.500 e. The number of allylic oxidation sites excluding steroid dienone is 2. The first-order valence-corrected chi connectivity index (χ1v) is 8.39. The first kappa shape index (κ1) is 16.8. The Bertz CT molecular complexity index is 698. The second-order valence-electron chi connectivity index (χ2n) is 4.85. The van der Waals surface area contributed by atoms with Crippen molar-refractivity contribution in [3.05, 3.63) is 85.0 Å². The molecular weight excluding hydrogens is 312 g/mol. The molecule has 0 fully saturated rings. The van der Waals surface area contributed by atoms with Gasteiger partial charge in [-0.25, -0.2) is 0 Å². The predicted octanol–water partition coefficient (Wildman–Crippen LogP) is 3.85. The lowest BCUT2D eigenvalue weighted by Crippen LogP contribution is -2.16. The zero-order valence-corrected chi connectivity index (χ0v) is 13.5. The van der Waals surface area contributed by atoms with Gasteiger partial charge in [0.15, 0.2) is 0 Å². The summed E-state index contributed by atoms with van der Waals surface area (Å²) in [6.07, 6.45) is 4.96. The molecule has 120 valence electrons. The summed E-state index contributed by atoms with van der Waals surface area (Å²) in [6, 6.07) is 13.4. The van der Waals surface area contributed by atoms with E-state index >= 15 is 0 Å². The van der Waals surface area contributed by atoms with Crippen molar-refractivity contribution < 1.29 is 16.8 Å². The Morgan fingerprint density at radius 2 is 1.09 bits per heavy atom. The monoisotopic (exact) mass is 330 g/mol. The van der Waals surface area contributed by atoms with Crippen LogP contribution in [0.1, 0.15) is 11.1 Å². The molecule has 0 saturated heterocycles. The Hall–Kier alpha value is -2.53. The van der Waals surface area contributed by atoms with E-state index in [1.54, 1.807) is 60.7 Å². The molecule has 0 aliphatic rings. The zero-order chi connectivity index (χ0) is 16.7. The second kappa shape index (κ2) is 7.65. The quantitative estimate of drug-likeness (QED) is 0.690. The van der Waals surface area contributed by atoms with Crippen molar-refractivity contribution in [1.29, 1.82) is 0 Å². The first-order valence-electron chi connectivity index (χ1n) is 7.06. The van der Waals surface area contributed by atoms with Crippen LogP contribution in [0, 0.1) is 0 Å². The van der Waals surface area contributed by atoms with Crippen LogP contribution >= 0.6 is 0 Å². The van der Waals surface area contributed by atoms with E-state index in [2.05, 4.69) is 13.2 Å². The highest BCUT2D eigenvalue weighted by atomic mass is 32.3. The third kappa shape index (κ3) is 5.30. The molecule has 23 heavy (non-hydrogen) atoms. The van der Waals surface area contributed by atoms with E-state index in [1.807, 2.05) is 0 Å². The fourth-order valence-electron chi connectivity index (χ4n) is 1.95. The van der Waals surface area contributed by atoms with E-state index < -0.39 is 10.4 Å². The molecule has 0 radical (unpaired) electrons. The summed E-state index contributed by atoms with van der Waals surface area (Å²) < 4.78 is 33.7. The topological polar surface area (TPSA) is 52.6 Å². The van der Waals surface area contributed by atoms with E-state index in [1.165, 1.54) is 0 Å². The Morgan fingerprint density at radius 3 is 1.39 bits per heavy atom. The number of hydrogen-bond acceptors (Lipinski definition) is 4. The van der Waals surface area contributed by atoms with Crippen molar-refractivity contribution in [3.8, 4) is 11.5 Å². The second-order valence-corrected chi connectivity index (χ2v) is 6.00. The van der Waals surface area contributed by atoms with Crippen LogP contribution < -0.4 is 8.37 Å². The fraction of sp³-hybridized carbons (Fsp3) is 0.111. The highest BCUT2D eigenvalue weighted by molar-refractivity contribution is 7.82. The van der Waals surface area contributed by atoms with Gasteiger partial charge in [-0.05, 0) is 48.2 Å². The Labute approximate surface area is 137 Å². The molecular formula is C18H18O4S. The van der Waals surface area contributed by atoms with Gasteiger partial charge in [-0.1, -0.05) is 36.4 Å². The molecule has 5 heteroatoms. The SMILES string of the molecule is C=CCc1ccc(OS(=O)(=O)Oc2ccc(CC=C)cc2)cc1. The normalized spacial score (nSPS) is 10.8. The van der Waals surface area contributed by atoms with Gasteiger partial charge in [0.1, 0.15) is 11.5 Å². The summed E-state index contributed by atoms with van der Waals surface area (Å²) in [5, 5.41) is 0. The van der Waals surface area contributed by atoms with Crippen LogP contribution in [-0.2, 0) is 23.2 Å². The summed E-state index contributed by atoms with van der Waals surface area (Å²) in [5.74, 6) is 0.391. The summed E-state index contributed by atoms with van der Waals surface area (Å²) in [6.45, 7) is 7.30. The lowest BCUT2D eigenvalue weighted by molar-refractivity contribution is 0.392. The Morgan fingerprint density at radius 1 is 0.739 bits per heavy atom. The Balaban J connectivity index is 2.03. The molecule has 0 bridgehead atoms. The molecule has 0 aliphatic heterocycles. The number of hydrogen-bond donors (Lipinski definition) is 0. The third-order valence-electron chi connectivity index (χ3n) is 3.00. The van der Waals surface area contributed by atoms with E-state index in [0.29, 0.717) is 12.8 Å². The van der Waals surface area contributed by atoms with Crippen molar-refractivity contribution in [2.75, 3.05) is 0 Å². The van der Waals surface area contributed by atoms with Crippen LogP contribution in [0.3, 0.4) is 0 Å². The maximum absolute atomic E-state index is 11.9. The van der Waals surface area contributed by atoms with E-state index in [-0.39, 0.29) is 11.5 Å². The van der Waals surface area contributed by atoms with Gasteiger partial charge < -0.3 is 8.37 Å². The van der Waals surface area contributed by atoms with Crippen molar-refractivity contribution in [2.45, 2.75) is 12.8 Å². The number of rotatable bonds is 8. The number of benzene rings is 2. The Kier molecular flexibility index (Phi) is 5.60. The van der Waals surface area contributed by atoms with Crippen LogP contribution in [-0.4, -0.2) is 8.42 Å². The lowest BCUT2D eigenvalue weighted by atomic mass is 10.1. The molecule has 0 heterocycles. The third-order valence-corrected chi connectivity index (χ3v) is 3.80. The van der Waals surface area contributed by atoms with Gasteiger partial charge in [0, 0.05) is 0 Å². The lowest BCUT2D eigenvalue weighted by Gasteiger charge is -2.08. The minimum atomic E-state index is -4.18. The molecule has 2 aromatic rings. The molecule has 4 nitrogen and oxygen atoms in total. The molecule has 0 atom stereocenters. The maximum Gasteiger partial charge on any atom is 0.500 e. The summed E-state index contributed by atoms with van der Waals surface area (Å²) in [7, 11) is -4.18. The fourth-order valence-corrected chi connectivity index (χ4v) is 2.68. The van der Waals surface area contributed by atoms with Gasteiger partial charge in [-0.2, -0.15) is 0 Å². The van der Waals surface area contributed by atoms with E-state index in [4.69, 9.17) is 8.37 Å². The average molecular weight is 330 g/mol. The van der Waals surface area contributed by atoms with Gasteiger partial charge in [0.05, 0.1) is 0 Å². The smallest absolute Gasteiger partial charge is 0.353 e.